The zero-order chi connectivity index (χ0) is 16.9. The molecule has 0 unspecified atom stereocenters. The standard InChI is InChI=1S/C15H29N5O3.HI/c1-3-16-15(19-12-13(21)17-8-11-23-2)18-7-5-10-20-9-4-6-14(20)22;/h3-12H2,1-2H3,(H,17,21)(H2,16,18,19);1H. The van der Waals surface area contributed by atoms with Gasteiger partial charge in [0, 0.05) is 46.3 Å². The molecule has 1 aliphatic rings. The highest BCUT2D eigenvalue weighted by Gasteiger charge is 2.18. The molecule has 1 heterocycles. The fourth-order valence-electron chi connectivity index (χ4n) is 2.26. The van der Waals surface area contributed by atoms with Crippen molar-refractivity contribution in [3.63, 3.8) is 0 Å². The van der Waals surface area contributed by atoms with Gasteiger partial charge in [0.2, 0.25) is 11.8 Å². The molecule has 140 valence electrons. The number of carbonyl (C=O) groups excluding carboxylic acids is 2. The molecule has 1 aliphatic heterocycles. The Morgan fingerprint density at radius 2 is 2.08 bits per heavy atom. The summed E-state index contributed by atoms with van der Waals surface area (Å²) < 4.78 is 4.87. The van der Waals surface area contributed by atoms with Crippen LogP contribution in [-0.4, -0.2) is 75.7 Å². The molecule has 0 aromatic rings. The molecule has 0 atom stereocenters. The molecule has 0 aromatic heterocycles. The summed E-state index contributed by atoms with van der Waals surface area (Å²) in [5, 5.41) is 8.99. The number of nitrogens with one attached hydrogen (secondary N) is 3. The van der Waals surface area contributed by atoms with Crippen molar-refractivity contribution < 1.29 is 14.3 Å². The van der Waals surface area contributed by atoms with E-state index in [0.717, 1.165) is 32.5 Å². The summed E-state index contributed by atoms with van der Waals surface area (Å²) in [5.74, 6) is 0.724. The lowest BCUT2D eigenvalue weighted by Crippen LogP contribution is -2.40. The molecule has 8 nitrogen and oxygen atoms in total. The molecule has 1 saturated heterocycles. The molecule has 2 amide bonds. The van der Waals surface area contributed by atoms with E-state index in [1.807, 2.05) is 11.8 Å². The predicted octanol–water partition coefficient (Wildman–Crippen LogP) is -0.0654. The van der Waals surface area contributed by atoms with E-state index in [1.165, 1.54) is 0 Å². The monoisotopic (exact) mass is 455 g/mol. The number of hydrogen-bond acceptors (Lipinski definition) is 4. The number of halogens is 1. The van der Waals surface area contributed by atoms with Gasteiger partial charge in [-0.1, -0.05) is 0 Å². The lowest BCUT2D eigenvalue weighted by atomic mass is 10.4. The van der Waals surface area contributed by atoms with Gasteiger partial charge in [0.1, 0.15) is 6.54 Å². The fourth-order valence-corrected chi connectivity index (χ4v) is 2.26. The minimum absolute atomic E-state index is 0. The highest BCUT2D eigenvalue weighted by molar-refractivity contribution is 14.0. The van der Waals surface area contributed by atoms with Crippen LogP contribution in [0.4, 0.5) is 0 Å². The van der Waals surface area contributed by atoms with Gasteiger partial charge >= 0.3 is 0 Å². The first-order valence-electron chi connectivity index (χ1n) is 8.23. The molecule has 0 saturated carbocycles. The van der Waals surface area contributed by atoms with Crippen LogP contribution in [0.15, 0.2) is 4.99 Å². The van der Waals surface area contributed by atoms with E-state index >= 15 is 0 Å². The van der Waals surface area contributed by atoms with Crippen LogP contribution in [0.1, 0.15) is 26.2 Å². The van der Waals surface area contributed by atoms with E-state index in [9.17, 15) is 9.59 Å². The van der Waals surface area contributed by atoms with E-state index < -0.39 is 0 Å². The number of rotatable bonds is 10. The Kier molecular flexibility index (Phi) is 13.6. The van der Waals surface area contributed by atoms with Crippen LogP contribution in [0.25, 0.3) is 0 Å². The number of methoxy groups -OCH3 is 1. The zero-order valence-corrected chi connectivity index (χ0v) is 16.9. The van der Waals surface area contributed by atoms with Crippen molar-refractivity contribution in [3.05, 3.63) is 0 Å². The molecule has 0 aromatic carbocycles. The molecule has 1 fully saturated rings. The first-order chi connectivity index (χ1) is 11.2. The Morgan fingerprint density at radius 3 is 2.71 bits per heavy atom. The summed E-state index contributed by atoms with van der Waals surface area (Å²) in [6.45, 7) is 6.09. The molecule has 0 spiro atoms. The molecule has 0 bridgehead atoms. The minimum Gasteiger partial charge on any atom is -0.383 e. The number of likely N-dealkylation sites (tertiary alicyclic amines) is 1. The molecular weight excluding hydrogens is 425 g/mol. The third-order valence-electron chi connectivity index (χ3n) is 3.42. The van der Waals surface area contributed by atoms with Gasteiger partial charge in [0.05, 0.1) is 6.61 Å². The van der Waals surface area contributed by atoms with Crippen LogP contribution in [-0.2, 0) is 14.3 Å². The topological polar surface area (TPSA) is 95.1 Å². The number of ether oxygens (including phenoxy) is 1. The summed E-state index contributed by atoms with van der Waals surface area (Å²) in [5.41, 5.74) is 0. The van der Waals surface area contributed by atoms with Crippen molar-refractivity contribution in [2.24, 2.45) is 4.99 Å². The number of guanidine groups is 1. The summed E-state index contributed by atoms with van der Waals surface area (Å²) in [4.78, 5) is 29.2. The van der Waals surface area contributed by atoms with Gasteiger partial charge in [0.25, 0.3) is 0 Å². The number of nitrogens with zero attached hydrogens (tertiary/aromatic N) is 2. The van der Waals surface area contributed by atoms with Crippen LogP contribution < -0.4 is 16.0 Å². The van der Waals surface area contributed by atoms with Crippen LogP contribution in [0.3, 0.4) is 0 Å². The van der Waals surface area contributed by atoms with Gasteiger partial charge in [-0.2, -0.15) is 0 Å². The van der Waals surface area contributed by atoms with Gasteiger partial charge in [-0.25, -0.2) is 4.99 Å². The summed E-state index contributed by atoms with van der Waals surface area (Å²) in [6.07, 6.45) is 2.50. The van der Waals surface area contributed by atoms with Gasteiger partial charge in [-0.05, 0) is 19.8 Å². The van der Waals surface area contributed by atoms with E-state index in [4.69, 9.17) is 4.74 Å². The average Bonchev–Trinajstić information content (AvgIpc) is 2.94. The van der Waals surface area contributed by atoms with Crippen molar-refractivity contribution in [1.82, 2.24) is 20.9 Å². The van der Waals surface area contributed by atoms with E-state index in [1.54, 1.807) is 7.11 Å². The highest BCUT2D eigenvalue weighted by Crippen LogP contribution is 2.09. The maximum Gasteiger partial charge on any atom is 0.241 e. The Morgan fingerprint density at radius 1 is 1.29 bits per heavy atom. The zero-order valence-electron chi connectivity index (χ0n) is 14.6. The molecule has 24 heavy (non-hydrogen) atoms. The highest BCUT2D eigenvalue weighted by atomic mass is 127. The van der Waals surface area contributed by atoms with Gasteiger partial charge in [-0.15, -0.1) is 24.0 Å². The second kappa shape index (κ2) is 14.3. The Balaban J connectivity index is 0.00000529. The van der Waals surface area contributed by atoms with E-state index in [0.29, 0.717) is 32.1 Å². The minimum atomic E-state index is -0.137. The van der Waals surface area contributed by atoms with Crippen molar-refractivity contribution >= 4 is 41.8 Å². The SMILES string of the molecule is CCNC(=NCC(=O)NCCOC)NCCCN1CCCC1=O.I. The number of aliphatic imine (C=N–C) groups is 1. The smallest absolute Gasteiger partial charge is 0.241 e. The average molecular weight is 455 g/mol. The molecule has 3 N–H and O–H groups in total. The van der Waals surface area contributed by atoms with Crippen LogP contribution >= 0.6 is 24.0 Å². The van der Waals surface area contributed by atoms with Crippen molar-refractivity contribution in [2.45, 2.75) is 26.2 Å². The summed E-state index contributed by atoms with van der Waals surface area (Å²) in [6, 6.07) is 0. The molecule has 0 radical (unpaired) electrons. The largest absolute Gasteiger partial charge is 0.383 e. The molecule has 1 rings (SSSR count). The Labute approximate surface area is 161 Å². The summed E-state index contributed by atoms with van der Waals surface area (Å²) in [7, 11) is 1.59. The second-order valence-corrected chi connectivity index (χ2v) is 5.30. The maximum absolute atomic E-state index is 11.6. The molecular formula is C15H30IN5O3. The van der Waals surface area contributed by atoms with Gasteiger partial charge < -0.3 is 25.6 Å². The maximum atomic E-state index is 11.6. The second-order valence-electron chi connectivity index (χ2n) is 5.30. The normalized spacial score (nSPS) is 14.3. The Hall–Kier alpha value is -1.10. The van der Waals surface area contributed by atoms with Crippen LogP contribution in [0, 0.1) is 0 Å². The third kappa shape index (κ3) is 9.91. The van der Waals surface area contributed by atoms with Crippen molar-refractivity contribution in [1.29, 1.82) is 0 Å². The fraction of sp³-hybridized carbons (Fsp3) is 0.800. The lowest BCUT2D eigenvalue weighted by molar-refractivity contribution is -0.127. The van der Waals surface area contributed by atoms with Crippen LogP contribution in [0.5, 0.6) is 0 Å². The third-order valence-corrected chi connectivity index (χ3v) is 3.42. The number of hydrogen-bond donors (Lipinski definition) is 3. The predicted molar refractivity (Wildman–Crippen MR) is 105 cm³/mol. The van der Waals surface area contributed by atoms with Crippen LogP contribution in [0.2, 0.25) is 0 Å². The van der Waals surface area contributed by atoms with Gasteiger partial charge in [-0.3, -0.25) is 9.59 Å². The summed E-state index contributed by atoms with van der Waals surface area (Å²) >= 11 is 0. The first-order valence-corrected chi connectivity index (χ1v) is 8.23. The quantitative estimate of drug-likeness (QED) is 0.186. The first kappa shape index (κ1) is 22.9. The lowest BCUT2D eigenvalue weighted by Gasteiger charge is -2.16. The molecule has 0 aliphatic carbocycles. The number of carbonyl (C=O) groups is 2. The van der Waals surface area contributed by atoms with E-state index in [2.05, 4.69) is 20.9 Å². The van der Waals surface area contributed by atoms with E-state index in [-0.39, 0.29) is 42.3 Å². The van der Waals surface area contributed by atoms with Gasteiger partial charge in [0.15, 0.2) is 5.96 Å². The number of amides is 2. The van der Waals surface area contributed by atoms with Crippen molar-refractivity contribution in [3.8, 4) is 0 Å². The van der Waals surface area contributed by atoms with Crippen molar-refractivity contribution in [2.75, 3.05) is 53.0 Å². The molecule has 9 heteroatoms. The Bertz CT molecular complexity index is 407.